The molecule has 5 nitrogen and oxygen atoms in total. The maximum Gasteiger partial charge on any atom is 0.271 e. The van der Waals surface area contributed by atoms with Gasteiger partial charge in [0.2, 0.25) is 0 Å². The molecular formula is C20H18N4OS. The number of aryl methyl sites for hydroxylation is 1. The van der Waals surface area contributed by atoms with Crippen molar-refractivity contribution in [3.63, 3.8) is 0 Å². The van der Waals surface area contributed by atoms with Crippen molar-refractivity contribution >= 4 is 28.1 Å². The van der Waals surface area contributed by atoms with Gasteiger partial charge in [-0.2, -0.15) is 0 Å². The molecule has 0 aliphatic rings. The van der Waals surface area contributed by atoms with Gasteiger partial charge < -0.3 is 10.3 Å². The van der Waals surface area contributed by atoms with Crippen molar-refractivity contribution in [2.24, 2.45) is 0 Å². The molecule has 1 aromatic carbocycles. The summed E-state index contributed by atoms with van der Waals surface area (Å²) in [6, 6.07) is 12.4. The van der Waals surface area contributed by atoms with Gasteiger partial charge in [-0.05, 0) is 30.0 Å². The number of nitrogens with zero attached hydrogens (tertiary/aromatic N) is 2. The first kappa shape index (κ1) is 16.5. The van der Waals surface area contributed by atoms with Crippen LogP contribution in [0.1, 0.15) is 32.5 Å². The van der Waals surface area contributed by atoms with Crippen molar-refractivity contribution in [2.75, 3.05) is 6.54 Å². The highest BCUT2D eigenvalue weighted by molar-refractivity contribution is 7.10. The first-order chi connectivity index (χ1) is 12.7. The van der Waals surface area contributed by atoms with Crippen LogP contribution in [0.15, 0.2) is 60.4 Å². The monoisotopic (exact) mass is 362 g/mol. The van der Waals surface area contributed by atoms with Crippen molar-refractivity contribution < 1.29 is 4.79 Å². The van der Waals surface area contributed by atoms with Crippen molar-refractivity contribution in [1.29, 1.82) is 0 Å². The van der Waals surface area contributed by atoms with Crippen molar-refractivity contribution in [1.82, 2.24) is 20.3 Å². The lowest BCUT2D eigenvalue weighted by atomic mass is 9.96. The van der Waals surface area contributed by atoms with E-state index in [2.05, 4.69) is 43.8 Å². The van der Waals surface area contributed by atoms with Crippen LogP contribution in [0.3, 0.4) is 0 Å². The van der Waals surface area contributed by atoms with E-state index < -0.39 is 0 Å². The van der Waals surface area contributed by atoms with E-state index in [4.69, 9.17) is 0 Å². The highest BCUT2D eigenvalue weighted by Crippen LogP contribution is 2.32. The molecule has 130 valence electrons. The molecule has 6 heteroatoms. The molecule has 0 aliphatic heterocycles. The van der Waals surface area contributed by atoms with E-state index in [1.54, 1.807) is 17.5 Å². The largest absolute Gasteiger partial charge is 0.361 e. The Morgan fingerprint density at radius 2 is 2.08 bits per heavy atom. The number of thiophene rings is 1. The van der Waals surface area contributed by atoms with Gasteiger partial charge in [0, 0.05) is 40.6 Å². The van der Waals surface area contributed by atoms with E-state index in [-0.39, 0.29) is 11.8 Å². The summed E-state index contributed by atoms with van der Waals surface area (Å²) in [7, 11) is 0. The molecular weight excluding hydrogens is 344 g/mol. The number of carbonyl (C=O) groups excluding carboxylic acids is 1. The van der Waals surface area contributed by atoms with E-state index in [0.717, 1.165) is 11.2 Å². The Kier molecular flexibility index (Phi) is 4.50. The molecule has 0 saturated carbocycles. The molecule has 3 heterocycles. The molecule has 0 bridgehead atoms. The normalized spacial score (nSPS) is 12.2. The zero-order valence-corrected chi connectivity index (χ0v) is 15.1. The quantitative estimate of drug-likeness (QED) is 0.566. The molecule has 0 saturated heterocycles. The third-order valence-corrected chi connectivity index (χ3v) is 5.35. The lowest BCUT2D eigenvalue weighted by molar-refractivity contribution is 0.0947. The van der Waals surface area contributed by atoms with Crippen LogP contribution in [-0.4, -0.2) is 27.4 Å². The standard InChI is InChI=1S/C20H18N4OS/c1-13-9-22-18(12-21-13)20(25)24-11-16(19-7-4-8-26-19)15-10-23-17-6-3-2-5-14(15)17/h2-10,12,16,23H,11H2,1H3,(H,24,25). The summed E-state index contributed by atoms with van der Waals surface area (Å²) >= 11 is 1.69. The summed E-state index contributed by atoms with van der Waals surface area (Å²) in [5.41, 5.74) is 3.40. The fourth-order valence-electron chi connectivity index (χ4n) is 3.03. The molecule has 1 amide bonds. The van der Waals surface area contributed by atoms with Crippen molar-refractivity contribution in [2.45, 2.75) is 12.8 Å². The molecule has 1 unspecified atom stereocenters. The SMILES string of the molecule is Cc1cnc(C(=O)NCC(c2cccs2)c2c[nH]c3ccccc23)cn1. The van der Waals surface area contributed by atoms with Crippen molar-refractivity contribution in [3.8, 4) is 0 Å². The van der Waals surface area contributed by atoms with Crippen LogP contribution >= 0.6 is 11.3 Å². The third kappa shape index (κ3) is 3.23. The van der Waals surface area contributed by atoms with Gasteiger partial charge in [-0.25, -0.2) is 4.98 Å². The summed E-state index contributed by atoms with van der Waals surface area (Å²) in [6.07, 6.45) is 5.15. The highest BCUT2D eigenvalue weighted by Gasteiger charge is 2.20. The van der Waals surface area contributed by atoms with E-state index in [1.165, 1.54) is 22.0 Å². The van der Waals surface area contributed by atoms with E-state index in [0.29, 0.717) is 12.2 Å². The van der Waals surface area contributed by atoms with Gasteiger partial charge in [-0.3, -0.25) is 9.78 Å². The number of nitrogens with one attached hydrogen (secondary N) is 2. The van der Waals surface area contributed by atoms with Gasteiger partial charge in [0.1, 0.15) is 5.69 Å². The Morgan fingerprint density at radius 3 is 2.85 bits per heavy atom. The van der Waals surface area contributed by atoms with Crippen LogP contribution in [0.4, 0.5) is 0 Å². The number of amides is 1. The summed E-state index contributed by atoms with van der Waals surface area (Å²) < 4.78 is 0. The molecule has 3 aromatic heterocycles. The number of para-hydroxylation sites is 1. The summed E-state index contributed by atoms with van der Waals surface area (Å²) in [5, 5.41) is 6.25. The molecule has 4 rings (SSSR count). The maximum absolute atomic E-state index is 12.4. The molecule has 0 spiro atoms. The summed E-state index contributed by atoms with van der Waals surface area (Å²) in [5.74, 6) is -0.132. The van der Waals surface area contributed by atoms with E-state index >= 15 is 0 Å². The average molecular weight is 362 g/mol. The number of aromatic amines is 1. The Labute approximate surface area is 155 Å². The van der Waals surface area contributed by atoms with Crippen LogP contribution in [0.5, 0.6) is 0 Å². The first-order valence-corrected chi connectivity index (χ1v) is 9.26. The van der Waals surface area contributed by atoms with Gasteiger partial charge in [0.25, 0.3) is 5.91 Å². The molecule has 26 heavy (non-hydrogen) atoms. The number of aromatic nitrogens is 3. The number of hydrogen-bond acceptors (Lipinski definition) is 4. The molecule has 2 N–H and O–H groups in total. The minimum atomic E-state index is -0.209. The van der Waals surface area contributed by atoms with Gasteiger partial charge in [0.05, 0.1) is 11.9 Å². The molecule has 1 atom stereocenters. The fourth-order valence-corrected chi connectivity index (χ4v) is 3.88. The Morgan fingerprint density at radius 1 is 1.19 bits per heavy atom. The number of benzene rings is 1. The van der Waals surface area contributed by atoms with Crippen LogP contribution < -0.4 is 5.32 Å². The lowest BCUT2D eigenvalue weighted by Gasteiger charge is -2.16. The number of carbonyl (C=O) groups is 1. The zero-order valence-electron chi connectivity index (χ0n) is 14.3. The third-order valence-electron chi connectivity index (χ3n) is 4.36. The topological polar surface area (TPSA) is 70.7 Å². The second-order valence-corrected chi connectivity index (χ2v) is 7.09. The molecule has 0 fully saturated rings. The van der Waals surface area contributed by atoms with E-state index in [1.807, 2.05) is 31.3 Å². The predicted octanol–water partition coefficient (Wildman–Crippen LogP) is 3.89. The second kappa shape index (κ2) is 7.09. The number of H-pyrrole nitrogens is 1. The van der Waals surface area contributed by atoms with Crippen LogP contribution in [0.2, 0.25) is 0 Å². The number of hydrogen-bond donors (Lipinski definition) is 2. The van der Waals surface area contributed by atoms with Crippen molar-refractivity contribution in [3.05, 3.63) is 82.2 Å². The van der Waals surface area contributed by atoms with Gasteiger partial charge >= 0.3 is 0 Å². The first-order valence-electron chi connectivity index (χ1n) is 8.38. The highest BCUT2D eigenvalue weighted by atomic mass is 32.1. The summed E-state index contributed by atoms with van der Waals surface area (Å²) in [6.45, 7) is 2.34. The summed E-state index contributed by atoms with van der Waals surface area (Å²) in [4.78, 5) is 25.3. The van der Waals surface area contributed by atoms with Crippen LogP contribution in [0, 0.1) is 6.92 Å². The molecule has 4 aromatic rings. The second-order valence-electron chi connectivity index (χ2n) is 6.11. The zero-order chi connectivity index (χ0) is 17.9. The van der Waals surface area contributed by atoms with Gasteiger partial charge in [-0.1, -0.05) is 24.3 Å². The molecule has 0 aliphatic carbocycles. The minimum Gasteiger partial charge on any atom is -0.361 e. The Hall–Kier alpha value is -2.99. The lowest BCUT2D eigenvalue weighted by Crippen LogP contribution is -2.29. The Balaban J connectivity index is 1.61. The van der Waals surface area contributed by atoms with Gasteiger partial charge in [-0.15, -0.1) is 11.3 Å². The van der Waals surface area contributed by atoms with E-state index in [9.17, 15) is 4.79 Å². The molecule has 0 radical (unpaired) electrons. The van der Waals surface area contributed by atoms with Gasteiger partial charge in [0.15, 0.2) is 0 Å². The smallest absolute Gasteiger partial charge is 0.271 e. The maximum atomic E-state index is 12.4. The Bertz CT molecular complexity index is 1020. The predicted molar refractivity (Wildman–Crippen MR) is 104 cm³/mol. The average Bonchev–Trinajstić information content (AvgIpc) is 3.33. The van der Waals surface area contributed by atoms with Crippen LogP contribution in [-0.2, 0) is 0 Å². The minimum absolute atomic E-state index is 0.0773. The van der Waals surface area contributed by atoms with Crippen LogP contribution in [0.25, 0.3) is 10.9 Å². The number of rotatable bonds is 5. The number of fused-ring (bicyclic) bond motifs is 1. The fraction of sp³-hybridized carbons (Fsp3) is 0.150.